The minimum absolute atomic E-state index is 0.0861. The van der Waals surface area contributed by atoms with E-state index in [4.69, 9.17) is 0 Å². The summed E-state index contributed by atoms with van der Waals surface area (Å²) in [4.78, 5) is 12.6. The summed E-state index contributed by atoms with van der Waals surface area (Å²) >= 11 is 0. The molecule has 1 saturated heterocycles. The first-order valence-corrected chi connectivity index (χ1v) is 11.3. The van der Waals surface area contributed by atoms with E-state index in [9.17, 15) is 13.2 Å². The number of anilines is 1. The van der Waals surface area contributed by atoms with Gasteiger partial charge in [0, 0.05) is 25.2 Å². The number of hydrogen-bond donors (Lipinski definition) is 1. The zero-order chi connectivity index (χ0) is 20.1. The fourth-order valence-electron chi connectivity index (χ4n) is 3.47. The summed E-state index contributed by atoms with van der Waals surface area (Å²) in [5.41, 5.74) is 1.73. The molecule has 0 spiro atoms. The molecule has 1 atom stereocenters. The van der Waals surface area contributed by atoms with Gasteiger partial charge in [0.25, 0.3) is 0 Å². The molecule has 150 valence electrons. The van der Waals surface area contributed by atoms with Gasteiger partial charge in [-0.05, 0) is 54.5 Å². The number of hydrogen-bond acceptors (Lipinski definition) is 3. The summed E-state index contributed by atoms with van der Waals surface area (Å²) in [6.45, 7) is 5.31. The maximum absolute atomic E-state index is 12.8. The standard InChI is InChI=1S/C22H28N2O3S/c1-17-12-14-24(15-13-17)28(26,27)21-10-8-20(9-11-21)23-22(25)16-18(2)19-6-4-3-5-7-19/h3-11,17-18H,12-16H2,1-2H3,(H,23,25)/t18-/m0/s1. The van der Waals surface area contributed by atoms with E-state index in [0.29, 0.717) is 31.1 Å². The topological polar surface area (TPSA) is 66.5 Å². The normalized spacial score (nSPS) is 17.2. The largest absolute Gasteiger partial charge is 0.326 e. The van der Waals surface area contributed by atoms with E-state index in [-0.39, 0.29) is 16.7 Å². The van der Waals surface area contributed by atoms with Crippen LogP contribution in [0.5, 0.6) is 0 Å². The van der Waals surface area contributed by atoms with Gasteiger partial charge in [-0.2, -0.15) is 4.31 Å². The fraction of sp³-hybridized carbons (Fsp3) is 0.409. The van der Waals surface area contributed by atoms with Crippen molar-refractivity contribution >= 4 is 21.6 Å². The Morgan fingerprint density at radius 2 is 1.68 bits per heavy atom. The van der Waals surface area contributed by atoms with Crippen molar-refractivity contribution in [1.29, 1.82) is 0 Å². The van der Waals surface area contributed by atoms with Gasteiger partial charge in [-0.3, -0.25) is 4.79 Å². The van der Waals surface area contributed by atoms with Crippen molar-refractivity contribution in [2.45, 2.75) is 43.9 Å². The Labute approximate surface area is 167 Å². The van der Waals surface area contributed by atoms with E-state index in [0.717, 1.165) is 18.4 Å². The van der Waals surface area contributed by atoms with Gasteiger partial charge in [0.2, 0.25) is 15.9 Å². The molecule has 2 aromatic carbocycles. The Kier molecular flexibility index (Phi) is 6.52. The Morgan fingerprint density at radius 3 is 2.29 bits per heavy atom. The van der Waals surface area contributed by atoms with E-state index in [2.05, 4.69) is 12.2 Å². The third-order valence-electron chi connectivity index (χ3n) is 5.38. The highest BCUT2D eigenvalue weighted by Crippen LogP contribution is 2.25. The quantitative estimate of drug-likeness (QED) is 0.789. The van der Waals surface area contributed by atoms with E-state index in [1.807, 2.05) is 37.3 Å². The number of carbonyl (C=O) groups excluding carboxylic acids is 1. The molecule has 28 heavy (non-hydrogen) atoms. The predicted molar refractivity (Wildman–Crippen MR) is 112 cm³/mol. The lowest BCUT2D eigenvalue weighted by molar-refractivity contribution is -0.116. The number of piperidine rings is 1. The summed E-state index contributed by atoms with van der Waals surface area (Å²) in [5, 5.41) is 2.86. The molecule has 0 saturated carbocycles. The Morgan fingerprint density at radius 1 is 1.07 bits per heavy atom. The van der Waals surface area contributed by atoms with Crippen molar-refractivity contribution < 1.29 is 13.2 Å². The zero-order valence-electron chi connectivity index (χ0n) is 16.5. The SMILES string of the molecule is CC1CCN(S(=O)(=O)c2ccc(NC(=O)C[C@H](C)c3ccccc3)cc2)CC1. The highest BCUT2D eigenvalue weighted by atomic mass is 32.2. The second kappa shape index (κ2) is 8.88. The molecule has 3 rings (SSSR count). The van der Waals surface area contributed by atoms with Crippen molar-refractivity contribution in [1.82, 2.24) is 4.31 Å². The van der Waals surface area contributed by atoms with E-state index < -0.39 is 10.0 Å². The molecule has 0 bridgehead atoms. The van der Waals surface area contributed by atoms with Crippen molar-refractivity contribution in [3.8, 4) is 0 Å². The summed E-state index contributed by atoms with van der Waals surface area (Å²) in [6.07, 6.45) is 2.16. The van der Waals surface area contributed by atoms with Crippen LogP contribution in [-0.2, 0) is 14.8 Å². The first kappa shape index (κ1) is 20.6. The highest BCUT2D eigenvalue weighted by Gasteiger charge is 2.27. The lowest BCUT2D eigenvalue weighted by atomic mass is 9.97. The second-order valence-electron chi connectivity index (χ2n) is 7.68. The van der Waals surface area contributed by atoms with E-state index in [1.54, 1.807) is 28.6 Å². The van der Waals surface area contributed by atoms with Crippen LogP contribution in [0.25, 0.3) is 0 Å². The van der Waals surface area contributed by atoms with Gasteiger partial charge in [0.1, 0.15) is 0 Å². The van der Waals surface area contributed by atoms with Crippen LogP contribution in [0.3, 0.4) is 0 Å². The Bertz CT molecular complexity index is 887. The van der Waals surface area contributed by atoms with Gasteiger partial charge in [-0.25, -0.2) is 8.42 Å². The van der Waals surface area contributed by atoms with Crippen molar-refractivity contribution in [2.75, 3.05) is 18.4 Å². The minimum Gasteiger partial charge on any atom is -0.326 e. The van der Waals surface area contributed by atoms with Gasteiger partial charge in [0.05, 0.1) is 4.90 Å². The molecular formula is C22H28N2O3S. The van der Waals surface area contributed by atoms with Crippen molar-refractivity contribution in [3.63, 3.8) is 0 Å². The number of rotatable bonds is 6. The van der Waals surface area contributed by atoms with Crippen LogP contribution in [0.15, 0.2) is 59.5 Å². The second-order valence-corrected chi connectivity index (χ2v) is 9.61. The molecule has 1 aliphatic rings. The highest BCUT2D eigenvalue weighted by molar-refractivity contribution is 7.89. The third-order valence-corrected chi connectivity index (χ3v) is 7.29. The monoisotopic (exact) mass is 400 g/mol. The molecule has 1 heterocycles. The van der Waals surface area contributed by atoms with Gasteiger partial charge >= 0.3 is 0 Å². The van der Waals surface area contributed by atoms with Crippen LogP contribution in [-0.4, -0.2) is 31.7 Å². The maximum atomic E-state index is 12.8. The molecule has 1 N–H and O–H groups in total. The van der Waals surface area contributed by atoms with Gasteiger partial charge in [-0.1, -0.05) is 44.2 Å². The van der Waals surface area contributed by atoms with Crippen molar-refractivity contribution in [3.05, 3.63) is 60.2 Å². The molecule has 5 nitrogen and oxygen atoms in total. The molecule has 0 unspecified atom stereocenters. The molecule has 2 aromatic rings. The number of carbonyl (C=O) groups is 1. The zero-order valence-corrected chi connectivity index (χ0v) is 17.3. The first-order valence-electron chi connectivity index (χ1n) is 9.81. The lowest BCUT2D eigenvalue weighted by Crippen LogP contribution is -2.37. The maximum Gasteiger partial charge on any atom is 0.243 e. The minimum atomic E-state index is -3.47. The van der Waals surface area contributed by atoms with Gasteiger partial charge in [-0.15, -0.1) is 0 Å². The van der Waals surface area contributed by atoms with Crippen LogP contribution >= 0.6 is 0 Å². The number of nitrogens with zero attached hydrogens (tertiary/aromatic N) is 1. The van der Waals surface area contributed by atoms with Crippen LogP contribution in [0.4, 0.5) is 5.69 Å². The molecular weight excluding hydrogens is 372 g/mol. The number of sulfonamides is 1. The van der Waals surface area contributed by atoms with Crippen LogP contribution in [0.1, 0.15) is 44.6 Å². The molecule has 0 aromatic heterocycles. The molecule has 1 amide bonds. The third kappa shape index (κ3) is 5.00. The summed E-state index contributed by atoms with van der Waals surface area (Å²) in [7, 11) is -3.47. The molecule has 6 heteroatoms. The molecule has 0 aliphatic carbocycles. The predicted octanol–water partition coefficient (Wildman–Crippen LogP) is 4.24. The fourth-order valence-corrected chi connectivity index (χ4v) is 4.94. The smallest absolute Gasteiger partial charge is 0.243 e. The first-order chi connectivity index (χ1) is 13.4. The van der Waals surface area contributed by atoms with Gasteiger partial charge < -0.3 is 5.32 Å². The van der Waals surface area contributed by atoms with Crippen LogP contribution in [0, 0.1) is 5.92 Å². The lowest BCUT2D eigenvalue weighted by Gasteiger charge is -2.29. The summed E-state index contributed by atoms with van der Waals surface area (Å²) in [6, 6.07) is 16.4. The summed E-state index contributed by atoms with van der Waals surface area (Å²) < 4.78 is 27.1. The number of benzene rings is 2. The average molecular weight is 401 g/mol. The molecule has 1 fully saturated rings. The molecule has 1 aliphatic heterocycles. The molecule has 0 radical (unpaired) electrons. The Balaban J connectivity index is 1.60. The average Bonchev–Trinajstić information content (AvgIpc) is 2.69. The van der Waals surface area contributed by atoms with E-state index >= 15 is 0 Å². The Hall–Kier alpha value is -2.18. The number of nitrogens with one attached hydrogen (secondary N) is 1. The number of amides is 1. The summed E-state index contributed by atoms with van der Waals surface area (Å²) in [5.74, 6) is 0.599. The van der Waals surface area contributed by atoms with Gasteiger partial charge in [0.15, 0.2) is 0 Å². The van der Waals surface area contributed by atoms with Crippen molar-refractivity contribution in [2.24, 2.45) is 5.92 Å². The van der Waals surface area contributed by atoms with Crippen LogP contribution < -0.4 is 5.32 Å². The van der Waals surface area contributed by atoms with E-state index in [1.165, 1.54) is 0 Å². The van der Waals surface area contributed by atoms with Crippen LogP contribution in [0.2, 0.25) is 0 Å².